The maximum atomic E-state index is 6.95. The van der Waals surface area contributed by atoms with Crippen LogP contribution in [0.15, 0.2) is 140 Å². The van der Waals surface area contributed by atoms with E-state index in [-0.39, 0.29) is 6.71 Å². The van der Waals surface area contributed by atoms with Gasteiger partial charge in [0.25, 0.3) is 6.71 Å². The summed E-state index contributed by atoms with van der Waals surface area (Å²) in [5, 5.41) is 5.79. The van der Waals surface area contributed by atoms with Gasteiger partial charge in [0.2, 0.25) is 0 Å². The van der Waals surface area contributed by atoms with Gasteiger partial charge >= 0.3 is 0 Å². The van der Waals surface area contributed by atoms with E-state index in [0.29, 0.717) is 5.41 Å². The molecule has 2 nitrogen and oxygen atoms in total. The van der Waals surface area contributed by atoms with Gasteiger partial charge in [-0.1, -0.05) is 103 Å². The zero-order valence-electron chi connectivity index (χ0n) is 28.2. The lowest BCUT2D eigenvalue weighted by atomic mass is 9.34. The summed E-state index contributed by atoms with van der Waals surface area (Å²) in [7, 11) is -2.74. The fourth-order valence-corrected chi connectivity index (χ4v) is 17.7. The number of rotatable bonds is 4. The van der Waals surface area contributed by atoms with Crippen LogP contribution in [0.5, 0.6) is 11.5 Å². The number of nitrogens with zero attached hydrogens (tertiary/aromatic N) is 1. The molecule has 0 radical (unpaired) electrons. The molecule has 4 heteroatoms. The fraction of sp³-hybridized carbons (Fsp3) is 0.217. The van der Waals surface area contributed by atoms with Crippen molar-refractivity contribution < 1.29 is 4.74 Å². The molecule has 6 aromatic rings. The average Bonchev–Trinajstić information content (AvgIpc) is 3.15. The molecule has 7 aliphatic rings. The second-order valence-electron chi connectivity index (χ2n) is 16.2. The Morgan fingerprint density at radius 1 is 0.520 bits per heavy atom. The Bertz CT molecular complexity index is 2280. The van der Waals surface area contributed by atoms with Crippen LogP contribution in [0.25, 0.3) is 0 Å². The van der Waals surface area contributed by atoms with Gasteiger partial charge in [0, 0.05) is 17.1 Å². The van der Waals surface area contributed by atoms with E-state index < -0.39 is 8.07 Å². The van der Waals surface area contributed by atoms with Gasteiger partial charge in [-0.25, -0.2) is 0 Å². The lowest BCUT2D eigenvalue weighted by Crippen LogP contribution is -2.87. The molecular formula is C46H38BNOSi. The van der Waals surface area contributed by atoms with Gasteiger partial charge < -0.3 is 9.64 Å². The van der Waals surface area contributed by atoms with Crippen LogP contribution in [0.2, 0.25) is 0 Å². The summed E-state index contributed by atoms with van der Waals surface area (Å²) in [5.74, 6) is 4.82. The van der Waals surface area contributed by atoms with Gasteiger partial charge in [-0.3, -0.25) is 0 Å². The Morgan fingerprint density at radius 2 is 1.04 bits per heavy atom. The number of benzene rings is 6. The zero-order valence-corrected chi connectivity index (χ0v) is 29.2. The highest BCUT2D eigenvalue weighted by Crippen LogP contribution is 2.61. The minimum atomic E-state index is -2.74. The van der Waals surface area contributed by atoms with Crippen molar-refractivity contribution in [1.82, 2.24) is 0 Å². The number of anilines is 3. The molecule has 4 bridgehead atoms. The van der Waals surface area contributed by atoms with Gasteiger partial charge in [0.15, 0.2) is 8.07 Å². The molecule has 0 aromatic heterocycles. The molecule has 13 rings (SSSR count). The molecule has 0 N–H and O–H groups in total. The molecule has 3 heterocycles. The Labute approximate surface area is 295 Å². The first kappa shape index (κ1) is 28.0. The summed E-state index contributed by atoms with van der Waals surface area (Å²) < 4.78 is 6.95. The third-order valence-corrected chi connectivity index (χ3v) is 18.6. The van der Waals surface area contributed by atoms with Crippen LogP contribution in [0.3, 0.4) is 0 Å². The van der Waals surface area contributed by atoms with Crippen molar-refractivity contribution in [3.05, 3.63) is 145 Å². The maximum Gasteiger partial charge on any atom is 0.256 e. The molecule has 0 spiro atoms. The average molecular weight is 660 g/mol. The molecule has 0 unspecified atom stereocenters. The first-order valence-corrected chi connectivity index (χ1v) is 20.8. The van der Waals surface area contributed by atoms with E-state index in [0.717, 1.165) is 29.3 Å². The van der Waals surface area contributed by atoms with Crippen molar-refractivity contribution in [2.75, 3.05) is 4.90 Å². The molecule has 6 aromatic carbocycles. The lowest BCUT2D eigenvalue weighted by Gasteiger charge is -2.57. The molecule has 4 saturated carbocycles. The zero-order chi connectivity index (χ0) is 32.6. The second kappa shape index (κ2) is 9.92. The summed E-state index contributed by atoms with van der Waals surface area (Å²) >= 11 is 0. The van der Waals surface area contributed by atoms with Crippen molar-refractivity contribution in [3.63, 3.8) is 0 Å². The number of hydrogen-bond acceptors (Lipinski definition) is 2. The summed E-state index contributed by atoms with van der Waals surface area (Å²) in [4.78, 5) is 2.56. The molecular weight excluding hydrogens is 621 g/mol. The molecule has 4 aliphatic carbocycles. The van der Waals surface area contributed by atoms with E-state index in [1.54, 1.807) is 5.56 Å². The van der Waals surface area contributed by atoms with Gasteiger partial charge in [-0.2, -0.15) is 0 Å². The molecule has 240 valence electrons. The third kappa shape index (κ3) is 3.50. The molecule has 3 aliphatic heterocycles. The summed E-state index contributed by atoms with van der Waals surface area (Å²) in [6.45, 7) is 0.128. The molecule has 0 atom stereocenters. The third-order valence-electron chi connectivity index (χ3n) is 13.8. The van der Waals surface area contributed by atoms with Crippen LogP contribution in [0.4, 0.5) is 17.1 Å². The highest BCUT2D eigenvalue weighted by atomic mass is 28.3. The van der Waals surface area contributed by atoms with E-state index in [1.807, 2.05) is 0 Å². The highest BCUT2D eigenvalue weighted by molar-refractivity contribution is 7.27. The minimum Gasteiger partial charge on any atom is -0.458 e. The Morgan fingerprint density at radius 3 is 1.66 bits per heavy atom. The van der Waals surface area contributed by atoms with E-state index in [9.17, 15) is 0 Å². The number of ether oxygens (including phenoxy) is 1. The van der Waals surface area contributed by atoms with Crippen molar-refractivity contribution in [2.24, 2.45) is 17.8 Å². The molecule has 4 fully saturated rings. The molecule has 0 amide bonds. The van der Waals surface area contributed by atoms with Crippen LogP contribution < -0.4 is 46.8 Å². The van der Waals surface area contributed by atoms with Crippen LogP contribution in [0, 0.1) is 17.8 Å². The quantitative estimate of drug-likeness (QED) is 0.207. The first-order chi connectivity index (χ1) is 24.7. The van der Waals surface area contributed by atoms with E-state index in [1.165, 1.54) is 92.7 Å². The topological polar surface area (TPSA) is 12.5 Å². The van der Waals surface area contributed by atoms with E-state index in [4.69, 9.17) is 4.74 Å². The van der Waals surface area contributed by atoms with Crippen LogP contribution in [0.1, 0.15) is 44.1 Å². The summed E-state index contributed by atoms with van der Waals surface area (Å²) in [6, 6.07) is 53.4. The van der Waals surface area contributed by atoms with Crippen molar-refractivity contribution >= 4 is 69.0 Å². The van der Waals surface area contributed by atoms with E-state index >= 15 is 0 Å². The Balaban J connectivity index is 1.11. The second-order valence-corrected chi connectivity index (χ2v) is 20.0. The van der Waals surface area contributed by atoms with Crippen LogP contribution >= 0.6 is 0 Å². The van der Waals surface area contributed by atoms with Crippen LogP contribution in [-0.4, -0.2) is 14.8 Å². The van der Waals surface area contributed by atoms with Gasteiger partial charge in [0.1, 0.15) is 11.5 Å². The van der Waals surface area contributed by atoms with Gasteiger partial charge in [-0.15, -0.1) is 0 Å². The van der Waals surface area contributed by atoms with Crippen molar-refractivity contribution in [2.45, 2.75) is 43.9 Å². The maximum absolute atomic E-state index is 6.95. The number of hydrogen-bond donors (Lipinski definition) is 0. The highest BCUT2D eigenvalue weighted by Gasteiger charge is 2.56. The lowest BCUT2D eigenvalue weighted by molar-refractivity contribution is -0.00518. The van der Waals surface area contributed by atoms with E-state index in [2.05, 4.69) is 144 Å². The minimum absolute atomic E-state index is 0.128. The van der Waals surface area contributed by atoms with Crippen molar-refractivity contribution in [3.8, 4) is 11.5 Å². The normalized spacial score (nSPS) is 25.2. The molecule has 50 heavy (non-hydrogen) atoms. The molecule has 0 saturated heterocycles. The van der Waals surface area contributed by atoms with Crippen molar-refractivity contribution in [1.29, 1.82) is 0 Å². The Hall–Kier alpha value is -4.80. The van der Waals surface area contributed by atoms with Gasteiger partial charge in [-0.05, 0) is 141 Å². The Kier molecular flexibility index (Phi) is 5.55. The van der Waals surface area contributed by atoms with Gasteiger partial charge in [0.05, 0.1) is 0 Å². The predicted octanol–water partition coefficient (Wildman–Crippen LogP) is 6.25. The predicted molar refractivity (Wildman–Crippen MR) is 209 cm³/mol. The monoisotopic (exact) mass is 659 g/mol. The first-order valence-electron chi connectivity index (χ1n) is 18.8. The SMILES string of the molecule is c1ccc([Si]2(c3ccccc3)c3cccc4c3B3c5c(cccc5N(c5ccc(C67CC8CC(CC(C8)C6)C7)cc5)c5cccc2c53)O4)cc1. The largest absolute Gasteiger partial charge is 0.458 e. The smallest absolute Gasteiger partial charge is 0.256 e. The summed E-state index contributed by atoms with van der Waals surface area (Å²) in [5.41, 5.74) is 9.91. The van der Waals surface area contributed by atoms with Crippen LogP contribution in [-0.2, 0) is 5.41 Å². The summed E-state index contributed by atoms with van der Waals surface area (Å²) in [6.07, 6.45) is 8.63. The fourth-order valence-electron chi connectivity index (χ4n) is 12.4. The standard InChI is InChI=1S/C46H38BNOSi/c1-3-10-35(11-4-1)50(36-12-5-2-6-13-36)41-18-8-15-38-44(41)47-43-37(14-7-16-39(43)49-40-17-9-19-42(50)45(40)47)48(38)34-22-20-33(21-23-34)46-27-30-24-31(28-46)26-32(25-30)29-46/h1-23,30-32H,24-29H2.